The molecule has 0 aliphatic heterocycles. The summed E-state index contributed by atoms with van der Waals surface area (Å²) in [5.74, 6) is 0. The molecule has 0 amide bonds. The van der Waals surface area contributed by atoms with E-state index < -0.39 is 8.07 Å². The summed E-state index contributed by atoms with van der Waals surface area (Å²) in [6.07, 6.45) is 0. The van der Waals surface area contributed by atoms with Crippen LogP contribution in [0, 0.1) is 0 Å². The van der Waals surface area contributed by atoms with Crippen LogP contribution in [-0.2, 0) is 0 Å². The normalized spacial score (nSPS) is 12.1. The summed E-state index contributed by atoms with van der Waals surface area (Å²) in [5, 5.41) is 20.4. The minimum atomic E-state index is -2.89. The third-order valence-corrected chi connectivity index (χ3v) is 22.6. The highest BCUT2D eigenvalue weighted by molar-refractivity contribution is 7.19. The van der Waals surface area contributed by atoms with E-state index in [1.807, 2.05) is 0 Å². The molecule has 0 aliphatic carbocycles. The molecule has 3 nitrogen and oxygen atoms in total. The van der Waals surface area contributed by atoms with Crippen LogP contribution in [-0.4, -0.2) is 21.8 Å². The summed E-state index contributed by atoms with van der Waals surface area (Å²) < 4.78 is 7.45. The molecule has 0 N–H and O–H groups in total. The van der Waals surface area contributed by atoms with Crippen molar-refractivity contribution >= 4 is 127 Å². The van der Waals surface area contributed by atoms with Gasteiger partial charge in [-0.25, -0.2) is 0 Å². The number of hydrogen-bond donors (Lipinski definition) is 0. The maximum absolute atomic E-state index is 2.89. The van der Waals surface area contributed by atoms with E-state index in [9.17, 15) is 0 Å². The molecule has 0 radical (unpaired) electrons. The lowest BCUT2D eigenvalue weighted by Crippen LogP contribution is -2.74. The molecule has 0 atom stereocenters. The molecule has 14 aromatic carbocycles. The minimum Gasteiger partial charge on any atom is -0.309 e. The van der Waals surface area contributed by atoms with Crippen molar-refractivity contribution in [3.63, 3.8) is 0 Å². The van der Waals surface area contributed by atoms with Crippen LogP contribution >= 0.6 is 0 Å². The molecule has 0 aliphatic rings. The largest absolute Gasteiger partial charge is 0.309 e. The lowest BCUT2D eigenvalue weighted by molar-refractivity contribution is 1.15. The van der Waals surface area contributed by atoms with Gasteiger partial charge < -0.3 is 13.7 Å². The summed E-state index contributed by atoms with van der Waals surface area (Å²) in [7, 11) is -2.89. The molecular formula is C78H51N3Si. The van der Waals surface area contributed by atoms with Gasteiger partial charge in [0.05, 0.1) is 33.1 Å². The fraction of sp³-hybridized carbons (Fsp3) is 0. The Bertz CT molecular complexity index is 5240. The Morgan fingerprint density at radius 2 is 0.537 bits per heavy atom. The van der Waals surface area contributed by atoms with Gasteiger partial charge in [-0.3, -0.25) is 0 Å². The number of hydrogen-bond acceptors (Lipinski definition) is 0. The van der Waals surface area contributed by atoms with Crippen molar-refractivity contribution in [1.29, 1.82) is 0 Å². The summed E-state index contributed by atoms with van der Waals surface area (Å²) in [6.45, 7) is 0. The molecule has 0 fully saturated rings. The molecule has 82 heavy (non-hydrogen) atoms. The first-order valence-electron chi connectivity index (χ1n) is 28.4. The number of aromatic nitrogens is 3. The number of nitrogens with zero attached hydrogens (tertiary/aromatic N) is 3. The first kappa shape index (κ1) is 46.4. The molecule has 0 spiro atoms. The molecule has 0 unspecified atom stereocenters. The van der Waals surface area contributed by atoms with Crippen molar-refractivity contribution < 1.29 is 0 Å². The molecule has 17 rings (SSSR count). The van der Waals surface area contributed by atoms with E-state index in [1.54, 1.807) is 0 Å². The average molecular weight is 1060 g/mol. The first-order valence-corrected chi connectivity index (χ1v) is 30.4. The lowest BCUT2D eigenvalue weighted by Gasteiger charge is -2.34. The molecule has 0 saturated carbocycles. The minimum absolute atomic E-state index is 1.11. The SMILES string of the molecule is c1ccc(-c2ccc([Si](c3ccccc3)(c3ccccc3)c3ccc(-n4c5cc(-n6c7ccccc7c7cc(-n8c9ccccc9c9ccccc98)ccc76)ccc5c5c6c7ccccc7c7ccccc7c6ccc54)cc3)cc2)cc1. The van der Waals surface area contributed by atoms with Gasteiger partial charge in [0.15, 0.2) is 8.07 Å². The van der Waals surface area contributed by atoms with Crippen LogP contribution in [0.25, 0.3) is 126 Å². The zero-order chi connectivity index (χ0) is 53.9. The summed E-state index contributed by atoms with van der Waals surface area (Å²) in [5.41, 5.74) is 12.9. The van der Waals surface area contributed by atoms with E-state index in [0.29, 0.717) is 0 Å². The van der Waals surface area contributed by atoms with Gasteiger partial charge in [0.2, 0.25) is 0 Å². The highest BCUT2D eigenvalue weighted by atomic mass is 28.3. The standard InChI is InChI=1S/C78H51N3Si/c1-4-20-52(21-5-1)53-36-42-59(43-37-53)82(57-22-6-2-7-23-57,58-24-8-3-9-25-58)60-44-38-54(39-45-60)79-75-49-47-68-63-28-11-10-26-61(63)62-27-12-13-32-67(62)77(68)78(75)69-46-40-56(51-76(69)79)81-73-35-19-16-31-66(73)70-50-55(41-48-74(70)81)80-71-33-17-14-29-64(71)65-30-15-18-34-72(65)80/h1-51H. The first-order chi connectivity index (χ1) is 40.7. The van der Waals surface area contributed by atoms with Crippen LogP contribution in [0.15, 0.2) is 309 Å². The van der Waals surface area contributed by atoms with E-state index >= 15 is 0 Å². The summed E-state index contributed by atoms with van der Waals surface area (Å²) in [6, 6.07) is 116. The van der Waals surface area contributed by atoms with Crippen molar-refractivity contribution in [2.24, 2.45) is 0 Å². The third-order valence-electron chi connectivity index (χ3n) is 17.8. The monoisotopic (exact) mass is 1060 g/mol. The van der Waals surface area contributed by atoms with Gasteiger partial charge in [0.1, 0.15) is 0 Å². The van der Waals surface area contributed by atoms with Crippen molar-refractivity contribution in [1.82, 2.24) is 13.7 Å². The van der Waals surface area contributed by atoms with Crippen molar-refractivity contribution in [3.8, 4) is 28.2 Å². The predicted octanol–water partition coefficient (Wildman–Crippen LogP) is 17.5. The molecule has 3 heterocycles. The van der Waals surface area contributed by atoms with Crippen LogP contribution in [0.4, 0.5) is 0 Å². The van der Waals surface area contributed by atoms with Crippen LogP contribution in [0.1, 0.15) is 0 Å². The van der Waals surface area contributed by atoms with Gasteiger partial charge in [0.25, 0.3) is 0 Å². The van der Waals surface area contributed by atoms with Crippen molar-refractivity contribution in [2.45, 2.75) is 0 Å². The summed E-state index contributed by atoms with van der Waals surface area (Å²) >= 11 is 0. The second-order valence-corrected chi connectivity index (χ2v) is 25.7. The Balaban J connectivity index is 0.915. The number of fused-ring (bicyclic) bond motifs is 16. The fourth-order valence-corrected chi connectivity index (χ4v) is 19.0. The Morgan fingerprint density at radius 3 is 1.11 bits per heavy atom. The number of rotatable bonds is 8. The highest BCUT2D eigenvalue weighted by Gasteiger charge is 2.41. The molecule has 382 valence electrons. The van der Waals surface area contributed by atoms with E-state index in [2.05, 4.69) is 323 Å². The van der Waals surface area contributed by atoms with E-state index in [-0.39, 0.29) is 0 Å². The van der Waals surface area contributed by atoms with Gasteiger partial charge in [-0.2, -0.15) is 0 Å². The topological polar surface area (TPSA) is 14.8 Å². The Morgan fingerprint density at radius 1 is 0.183 bits per heavy atom. The zero-order valence-electron chi connectivity index (χ0n) is 44.8. The molecule has 4 heteroatoms. The maximum atomic E-state index is 2.54. The fourth-order valence-electron chi connectivity index (χ4n) is 14.3. The molecular weight excluding hydrogens is 1010 g/mol. The van der Waals surface area contributed by atoms with Gasteiger partial charge in [-0.1, -0.05) is 243 Å². The smallest absolute Gasteiger partial charge is 0.179 e. The van der Waals surface area contributed by atoms with Gasteiger partial charge in [-0.15, -0.1) is 0 Å². The van der Waals surface area contributed by atoms with Gasteiger partial charge in [0, 0.05) is 54.8 Å². The quantitative estimate of drug-likeness (QED) is 0.0818. The van der Waals surface area contributed by atoms with Gasteiger partial charge >= 0.3 is 0 Å². The molecule has 0 bridgehead atoms. The lowest BCUT2D eigenvalue weighted by atomic mass is 9.92. The summed E-state index contributed by atoms with van der Waals surface area (Å²) in [4.78, 5) is 0. The van der Waals surface area contributed by atoms with Crippen molar-refractivity contribution in [2.75, 3.05) is 0 Å². The second kappa shape index (κ2) is 18.3. The Kier molecular flexibility index (Phi) is 10.3. The number of benzene rings is 14. The average Bonchev–Trinajstić information content (AvgIpc) is 3.31. The maximum Gasteiger partial charge on any atom is 0.179 e. The number of para-hydroxylation sites is 3. The van der Waals surface area contributed by atoms with E-state index in [0.717, 1.165) is 22.6 Å². The predicted molar refractivity (Wildman–Crippen MR) is 351 cm³/mol. The second-order valence-electron chi connectivity index (χ2n) is 21.9. The van der Waals surface area contributed by atoms with Crippen LogP contribution in [0.3, 0.4) is 0 Å². The highest BCUT2D eigenvalue weighted by Crippen LogP contribution is 2.45. The molecule has 0 saturated heterocycles. The van der Waals surface area contributed by atoms with E-state index in [1.165, 1.54) is 124 Å². The zero-order valence-corrected chi connectivity index (χ0v) is 45.8. The third kappa shape index (κ3) is 6.76. The molecule has 17 aromatic rings. The van der Waals surface area contributed by atoms with E-state index in [4.69, 9.17) is 0 Å². The van der Waals surface area contributed by atoms with Crippen LogP contribution in [0.2, 0.25) is 0 Å². The Hall–Kier alpha value is -10.5. The van der Waals surface area contributed by atoms with Gasteiger partial charge in [-0.05, 0) is 126 Å². The Labute approximate surface area is 475 Å². The van der Waals surface area contributed by atoms with Crippen LogP contribution in [0.5, 0.6) is 0 Å². The van der Waals surface area contributed by atoms with Crippen molar-refractivity contribution in [3.05, 3.63) is 309 Å². The van der Waals surface area contributed by atoms with Crippen LogP contribution < -0.4 is 20.7 Å². The molecule has 3 aromatic heterocycles.